The van der Waals surface area contributed by atoms with E-state index in [1.807, 2.05) is 0 Å². The second-order valence-corrected chi connectivity index (χ2v) is 4.46. The fraction of sp³-hybridized carbons (Fsp3) is 0.308. The van der Waals surface area contributed by atoms with Gasteiger partial charge in [-0.1, -0.05) is 0 Å². The number of carbonyl (C=O) groups excluding carboxylic acids is 1. The third-order valence-electron chi connectivity index (χ3n) is 2.94. The summed E-state index contributed by atoms with van der Waals surface area (Å²) in [4.78, 5) is 15.8. The normalized spacial score (nSPS) is 11.7. The Morgan fingerprint density at radius 1 is 1.36 bits per heavy atom. The van der Waals surface area contributed by atoms with E-state index < -0.39 is 17.7 Å². The number of rotatable bonds is 4. The van der Waals surface area contributed by atoms with Crippen LogP contribution in [0.15, 0.2) is 18.3 Å². The summed E-state index contributed by atoms with van der Waals surface area (Å²) >= 11 is 0. The SMILES string of the molecule is COCc1nc(C(F)(F)F)ccc1C(=O)c1cnn(C)c1O. The Morgan fingerprint density at radius 2 is 2.05 bits per heavy atom. The third-order valence-corrected chi connectivity index (χ3v) is 2.94. The van der Waals surface area contributed by atoms with Gasteiger partial charge in [-0.05, 0) is 12.1 Å². The van der Waals surface area contributed by atoms with E-state index in [0.717, 1.165) is 16.9 Å². The summed E-state index contributed by atoms with van der Waals surface area (Å²) in [6.45, 7) is -0.272. The van der Waals surface area contributed by atoms with Gasteiger partial charge in [0.1, 0.15) is 11.3 Å². The van der Waals surface area contributed by atoms with Crippen LogP contribution in [0.25, 0.3) is 0 Å². The summed E-state index contributed by atoms with van der Waals surface area (Å²) in [6.07, 6.45) is -3.49. The number of alkyl halides is 3. The van der Waals surface area contributed by atoms with Gasteiger partial charge in [-0.3, -0.25) is 4.79 Å². The van der Waals surface area contributed by atoms with Gasteiger partial charge >= 0.3 is 6.18 Å². The molecule has 0 spiro atoms. The molecule has 0 bridgehead atoms. The van der Waals surface area contributed by atoms with Gasteiger partial charge in [-0.2, -0.15) is 18.3 Å². The monoisotopic (exact) mass is 315 g/mol. The Bertz CT molecular complexity index is 710. The molecule has 22 heavy (non-hydrogen) atoms. The van der Waals surface area contributed by atoms with Crippen molar-refractivity contribution in [2.24, 2.45) is 7.05 Å². The molecule has 0 amide bonds. The van der Waals surface area contributed by atoms with E-state index in [2.05, 4.69) is 10.1 Å². The summed E-state index contributed by atoms with van der Waals surface area (Å²) in [5.41, 5.74) is -1.49. The molecule has 6 nitrogen and oxygen atoms in total. The van der Waals surface area contributed by atoms with Crippen molar-refractivity contribution in [1.82, 2.24) is 14.8 Å². The molecule has 0 unspecified atom stereocenters. The van der Waals surface area contributed by atoms with Gasteiger partial charge in [0.2, 0.25) is 11.7 Å². The van der Waals surface area contributed by atoms with E-state index >= 15 is 0 Å². The predicted molar refractivity (Wildman–Crippen MR) is 68.3 cm³/mol. The number of nitrogens with zero attached hydrogens (tertiary/aromatic N) is 3. The minimum atomic E-state index is -4.62. The first-order chi connectivity index (χ1) is 10.3. The maximum absolute atomic E-state index is 12.7. The summed E-state index contributed by atoms with van der Waals surface area (Å²) in [5.74, 6) is -1.06. The molecule has 0 aliphatic rings. The summed E-state index contributed by atoms with van der Waals surface area (Å²) in [6, 6.07) is 1.72. The molecule has 2 heterocycles. The molecule has 2 aromatic heterocycles. The van der Waals surface area contributed by atoms with E-state index in [0.29, 0.717) is 6.07 Å². The summed E-state index contributed by atoms with van der Waals surface area (Å²) < 4.78 is 43.9. The van der Waals surface area contributed by atoms with Gasteiger partial charge in [0.05, 0.1) is 18.5 Å². The number of hydrogen-bond acceptors (Lipinski definition) is 5. The predicted octanol–water partition coefficient (Wildman–Crippen LogP) is 1.92. The second kappa shape index (κ2) is 5.76. The highest BCUT2D eigenvalue weighted by molar-refractivity contribution is 6.10. The molecule has 2 rings (SSSR count). The Morgan fingerprint density at radius 3 is 2.55 bits per heavy atom. The molecular formula is C13H12F3N3O3. The minimum absolute atomic E-state index is 0.0850. The Labute approximate surface area is 123 Å². The lowest BCUT2D eigenvalue weighted by Crippen LogP contribution is -2.14. The van der Waals surface area contributed by atoms with Crippen molar-refractivity contribution in [3.05, 3.63) is 40.8 Å². The van der Waals surface area contributed by atoms with E-state index in [1.54, 1.807) is 0 Å². The Kier molecular flexibility index (Phi) is 4.18. The van der Waals surface area contributed by atoms with Crippen molar-refractivity contribution in [3.63, 3.8) is 0 Å². The first-order valence-electron chi connectivity index (χ1n) is 6.07. The van der Waals surface area contributed by atoms with Gasteiger partial charge in [0, 0.05) is 19.7 Å². The number of aromatic hydroxyl groups is 1. The van der Waals surface area contributed by atoms with Gasteiger partial charge in [0.25, 0.3) is 0 Å². The molecule has 2 aromatic rings. The van der Waals surface area contributed by atoms with Crippen LogP contribution in [0.1, 0.15) is 27.3 Å². The zero-order valence-corrected chi connectivity index (χ0v) is 11.7. The third kappa shape index (κ3) is 2.93. The van der Waals surface area contributed by atoms with Crippen LogP contribution in [0.2, 0.25) is 0 Å². The van der Waals surface area contributed by atoms with E-state index in [4.69, 9.17) is 4.74 Å². The standard InChI is InChI=1S/C13H12F3N3O3/c1-19-12(21)8(5-17-19)11(20)7-3-4-10(13(14,15)16)18-9(7)6-22-2/h3-5,21H,6H2,1-2H3. The fourth-order valence-electron chi connectivity index (χ4n) is 1.85. The van der Waals surface area contributed by atoms with Gasteiger partial charge in [0.15, 0.2) is 0 Å². The average Bonchev–Trinajstić information content (AvgIpc) is 2.78. The number of aryl methyl sites for hydroxylation is 1. The van der Waals surface area contributed by atoms with Gasteiger partial charge in [-0.25, -0.2) is 9.67 Å². The number of hydrogen-bond donors (Lipinski definition) is 1. The number of carbonyl (C=O) groups is 1. The van der Waals surface area contributed by atoms with Crippen LogP contribution in [0.3, 0.4) is 0 Å². The maximum Gasteiger partial charge on any atom is 0.433 e. The molecule has 0 aliphatic carbocycles. The second-order valence-electron chi connectivity index (χ2n) is 4.46. The molecule has 0 saturated carbocycles. The van der Waals surface area contributed by atoms with Crippen LogP contribution in [0, 0.1) is 0 Å². The van der Waals surface area contributed by atoms with Crippen molar-refractivity contribution in [2.45, 2.75) is 12.8 Å². The highest BCUT2D eigenvalue weighted by Crippen LogP contribution is 2.29. The molecule has 1 N–H and O–H groups in total. The van der Waals surface area contributed by atoms with Crippen LogP contribution < -0.4 is 0 Å². The van der Waals surface area contributed by atoms with E-state index in [1.165, 1.54) is 14.2 Å². The number of ether oxygens (including phenoxy) is 1. The van der Waals surface area contributed by atoms with Gasteiger partial charge in [-0.15, -0.1) is 0 Å². The molecule has 0 aromatic carbocycles. The molecule has 0 fully saturated rings. The lowest BCUT2D eigenvalue weighted by molar-refractivity contribution is -0.141. The first-order valence-corrected chi connectivity index (χ1v) is 6.07. The maximum atomic E-state index is 12.7. The highest BCUT2D eigenvalue weighted by atomic mass is 19.4. The summed E-state index contributed by atoms with van der Waals surface area (Å²) in [5, 5.41) is 13.4. The van der Waals surface area contributed by atoms with Crippen molar-refractivity contribution < 1.29 is 27.8 Å². The minimum Gasteiger partial charge on any atom is -0.493 e. The van der Waals surface area contributed by atoms with Crippen molar-refractivity contribution in [3.8, 4) is 5.88 Å². The zero-order chi connectivity index (χ0) is 16.5. The quantitative estimate of drug-likeness (QED) is 0.872. The van der Waals surface area contributed by atoms with Gasteiger partial charge < -0.3 is 9.84 Å². The average molecular weight is 315 g/mol. The number of pyridine rings is 1. The molecule has 0 saturated heterocycles. The smallest absolute Gasteiger partial charge is 0.433 e. The van der Waals surface area contributed by atoms with E-state index in [9.17, 15) is 23.1 Å². The van der Waals surface area contributed by atoms with Crippen molar-refractivity contribution >= 4 is 5.78 Å². The number of aromatic nitrogens is 3. The topological polar surface area (TPSA) is 77.2 Å². The molecule has 0 aliphatic heterocycles. The van der Waals surface area contributed by atoms with Crippen LogP contribution in [0.4, 0.5) is 13.2 Å². The Balaban J connectivity index is 2.50. The largest absolute Gasteiger partial charge is 0.493 e. The molecule has 9 heteroatoms. The van der Waals surface area contributed by atoms with Crippen LogP contribution in [-0.2, 0) is 24.6 Å². The zero-order valence-electron chi connectivity index (χ0n) is 11.7. The number of ketones is 1. The summed E-state index contributed by atoms with van der Waals surface area (Å²) in [7, 11) is 2.70. The van der Waals surface area contributed by atoms with Crippen LogP contribution in [0.5, 0.6) is 5.88 Å². The van der Waals surface area contributed by atoms with Crippen LogP contribution in [-0.4, -0.2) is 32.8 Å². The van der Waals surface area contributed by atoms with Crippen LogP contribution >= 0.6 is 0 Å². The van der Waals surface area contributed by atoms with Crippen molar-refractivity contribution in [2.75, 3.05) is 7.11 Å². The Hall–Kier alpha value is -2.42. The first kappa shape index (κ1) is 16.0. The molecule has 0 atom stereocenters. The molecule has 118 valence electrons. The lowest BCUT2D eigenvalue weighted by Gasteiger charge is -2.11. The lowest BCUT2D eigenvalue weighted by atomic mass is 10.0. The van der Waals surface area contributed by atoms with E-state index in [-0.39, 0.29) is 29.3 Å². The molecule has 0 radical (unpaired) electrons. The van der Waals surface area contributed by atoms with Crippen molar-refractivity contribution in [1.29, 1.82) is 0 Å². The fourth-order valence-corrected chi connectivity index (χ4v) is 1.85. The number of methoxy groups -OCH3 is 1. The highest BCUT2D eigenvalue weighted by Gasteiger charge is 2.33. The number of halogens is 3. The molecular weight excluding hydrogens is 303 g/mol.